The highest BCUT2D eigenvalue weighted by Gasteiger charge is 2.10. The van der Waals surface area contributed by atoms with Crippen LogP contribution < -0.4 is 5.46 Å². The minimum atomic E-state index is -1.45. The zero-order valence-electron chi connectivity index (χ0n) is 11.2. The Morgan fingerprint density at radius 3 is 2.30 bits per heavy atom. The Balaban J connectivity index is 1.96. The highest BCUT2D eigenvalue weighted by molar-refractivity contribution is 6.58. The molecule has 0 fully saturated rings. The number of hydrogen-bond acceptors (Lipinski definition) is 4. The van der Waals surface area contributed by atoms with Gasteiger partial charge in [-0.15, -0.1) is 0 Å². The van der Waals surface area contributed by atoms with E-state index in [-0.39, 0.29) is 0 Å². The van der Waals surface area contributed by atoms with Crippen LogP contribution in [0.2, 0.25) is 0 Å². The molecular weight excluding hydrogens is 253 g/mol. The Morgan fingerprint density at radius 1 is 1.05 bits per heavy atom. The zero-order valence-corrected chi connectivity index (χ0v) is 11.2. The molecule has 0 heterocycles. The van der Waals surface area contributed by atoms with Gasteiger partial charge in [-0.2, -0.15) is 0 Å². The van der Waals surface area contributed by atoms with Gasteiger partial charge in [0.1, 0.15) is 6.61 Å². The lowest BCUT2D eigenvalue weighted by Gasteiger charge is -2.04. The highest BCUT2D eigenvalue weighted by Crippen LogP contribution is 2.04. The van der Waals surface area contributed by atoms with Crippen molar-refractivity contribution in [3.63, 3.8) is 0 Å². The van der Waals surface area contributed by atoms with E-state index in [9.17, 15) is 0 Å². The summed E-state index contributed by atoms with van der Waals surface area (Å²) in [5.74, 6) is 0. The molecule has 2 aromatic rings. The lowest BCUT2D eigenvalue weighted by atomic mass is 9.80. The molecule has 2 rings (SSSR count). The maximum Gasteiger partial charge on any atom is 0.488 e. The molecular formula is C15H16BNO3. The number of nitrogens with zero attached hydrogens (tertiary/aromatic N) is 1. The van der Waals surface area contributed by atoms with Gasteiger partial charge in [0.05, 0.1) is 5.71 Å². The van der Waals surface area contributed by atoms with Crippen molar-refractivity contribution in [1.82, 2.24) is 0 Å². The summed E-state index contributed by atoms with van der Waals surface area (Å²) in [5, 5.41) is 22.1. The molecule has 0 aliphatic heterocycles. The zero-order chi connectivity index (χ0) is 14.4. The second kappa shape index (κ2) is 6.89. The third kappa shape index (κ3) is 3.95. The minimum absolute atomic E-state index is 0.422. The number of benzene rings is 2. The summed E-state index contributed by atoms with van der Waals surface area (Å²) in [6, 6.07) is 16.7. The standard InChI is InChI=1S/C15H16BNO3/c1-12(14-7-9-15(10-8-14)16(18)19)17-20-11-13-5-3-2-4-6-13/h2-10,18-19H,11H2,1H3/b17-12+. The van der Waals surface area contributed by atoms with Crippen molar-refractivity contribution in [1.29, 1.82) is 0 Å². The van der Waals surface area contributed by atoms with Crippen molar-refractivity contribution < 1.29 is 14.9 Å². The maximum absolute atomic E-state index is 9.02. The van der Waals surface area contributed by atoms with Gasteiger partial charge in [0.2, 0.25) is 0 Å². The summed E-state index contributed by atoms with van der Waals surface area (Å²) < 4.78 is 0. The summed E-state index contributed by atoms with van der Waals surface area (Å²) in [6.07, 6.45) is 0. The summed E-state index contributed by atoms with van der Waals surface area (Å²) in [7, 11) is -1.45. The summed E-state index contributed by atoms with van der Waals surface area (Å²) in [6.45, 7) is 2.26. The molecule has 102 valence electrons. The van der Waals surface area contributed by atoms with Crippen LogP contribution in [-0.2, 0) is 11.4 Å². The van der Waals surface area contributed by atoms with Gasteiger partial charge in [-0.1, -0.05) is 59.8 Å². The fourth-order valence-electron chi connectivity index (χ4n) is 1.73. The van der Waals surface area contributed by atoms with Gasteiger partial charge in [-0.3, -0.25) is 0 Å². The SMILES string of the molecule is C/C(=N\OCc1ccccc1)c1ccc(B(O)O)cc1. The fraction of sp³-hybridized carbons (Fsp3) is 0.133. The Hall–Kier alpha value is -2.11. The molecule has 2 aromatic carbocycles. The molecule has 5 heteroatoms. The molecule has 4 nitrogen and oxygen atoms in total. The van der Waals surface area contributed by atoms with E-state index in [1.165, 1.54) is 0 Å². The molecule has 2 N–H and O–H groups in total. The third-order valence-electron chi connectivity index (χ3n) is 2.90. The Labute approximate surface area is 118 Å². The Kier molecular flexibility index (Phi) is 4.93. The van der Waals surface area contributed by atoms with Crippen LogP contribution in [0.1, 0.15) is 18.1 Å². The lowest BCUT2D eigenvalue weighted by molar-refractivity contribution is 0.130. The molecule has 0 aliphatic rings. The van der Waals surface area contributed by atoms with E-state index in [1.807, 2.05) is 37.3 Å². The first-order valence-electron chi connectivity index (χ1n) is 6.34. The molecule has 0 radical (unpaired) electrons. The van der Waals surface area contributed by atoms with Crippen molar-refractivity contribution in [2.75, 3.05) is 0 Å². The smallest absolute Gasteiger partial charge is 0.423 e. The number of hydrogen-bond donors (Lipinski definition) is 2. The first-order chi connectivity index (χ1) is 9.66. The van der Waals surface area contributed by atoms with E-state index in [1.54, 1.807) is 24.3 Å². The van der Waals surface area contributed by atoms with Crippen LogP contribution >= 0.6 is 0 Å². The molecule has 0 atom stereocenters. The highest BCUT2D eigenvalue weighted by atomic mass is 16.6. The van der Waals surface area contributed by atoms with Crippen LogP contribution in [0.3, 0.4) is 0 Å². The van der Waals surface area contributed by atoms with Crippen molar-refractivity contribution in [3.8, 4) is 0 Å². The van der Waals surface area contributed by atoms with Crippen LogP contribution in [0.5, 0.6) is 0 Å². The van der Waals surface area contributed by atoms with Crippen molar-refractivity contribution in [2.45, 2.75) is 13.5 Å². The van der Waals surface area contributed by atoms with Gasteiger partial charge in [0.15, 0.2) is 0 Å². The van der Waals surface area contributed by atoms with E-state index in [0.29, 0.717) is 12.1 Å². The van der Waals surface area contributed by atoms with Gasteiger partial charge in [-0.05, 0) is 23.5 Å². The van der Waals surface area contributed by atoms with Crippen LogP contribution in [0.15, 0.2) is 59.8 Å². The fourth-order valence-corrected chi connectivity index (χ4v) is 1.73. The van der Waals surface area contributed by atoms with Crippen LogP contribution in [0.25, 0.3) is 0 Å². The Morgan fingerprint density at radius 2 is 1.70 bits per heavy atom. The molecule has 0 amide bonds. The minimum Gasteiger partial charge on any atom is -0.423 e. The first-order valence-corrected chi connectivity index (χ1v) is 6.34. The average Bonchev–Trinajstić information content (AvgIpc) is 2.48. The largest absolute Gasteiger partial charge is 0.488 e. The molecule has 0 saturated carbocycles. The monoisotopic (exact) mass is 269 g/mol. The average molecular weight is 269 g/mol. The molecule has 0 bridgehead atoms. The van der Waals surface area contributed by atoms with Gasteiger partial charge < -0.3 is 14.9 Å². The predicted molar refractivity (Wildman–Crippen MR) is 79.7 cm³/mol. The number of rotatable bonds is 5. The van der Waals surface area contributed by atoms with Crippen LogP contribution in [0.4, 0.5) is 0 Å². The molecule has 0 saturated heterocycles. The maximum atomic E-state index is 9.02. The molecule has 0 spiro atoms. The third-order valence-corrected chi connectivity index (χ3v) is 2.90. The summed E-state index contributed by atoms with van der Waals surface area (Å²) >= 11 is 0. The summed E-state index contributed by atoms with van der Waals surface area (Å²) in [5.41, 5.74) is 3.12. The van der Waals surface area contributed by atoms with Crippen LogP contribution in [0, 0.1) is 0 Å². The molecule has 0 aliphatic carbocycles. The quantitative estimate of drug-likeness (QED) is 0.488. The predicted octanol–water partition coefficient (Wildman–Crippen LogP) is 1.31. The van der Waals surface area contributed by atoms with E-state index in [4.69, 9.17) is 14.9 Å². The first kappa shape index (κ1) is 14.3. The Bertz CT molecular complexity index is 567. The van der Waals surface area contributed by atoms with Gasteiger partial charge in [-0.25, -0.2) is 0 Å². The van der Waals surface area contributed by atoms with Gasteiger partial charge >= 0.3 is 7.12 Å². The number of oxime groups is 1. The van der Waals surface area contributed by atoms with E-state index < -0.39 is 7.12 Å². The van der Waals surface area contributed by atoms with Crippen molar-refractivity contribution in [2.24, 2.45) is 5.16 Å². The van der Waals surface area contributed by atoms with Crippen molar-refractivity contribution >= 4 is 18.3 Å². The second-order valence-electron chi connectivity index (χ2n) is 4.43. The second-order valence-corrected chi connectivity index (χ2v) is 4.43. The molecule has 0 unspecified atom stereocenters. The summed E-state index contributed by atoms with van der Waals surface area (Å²) in [4.78, 5) is 5.30. The van der Waals surface area contributed by atoms with Crippen LogP contribution in [-0.4, -0.2) is 22.9 Å². The van der Waals surface area contributed by atoms with Gasteiger partial charge in [0.25, 0.3) is 0 Å². The molecule has 20 heavy (non-hydrogen) atoms. The van der Waals surface area contributed by atoms with E-state index >= 15 is 0 Å². The lowest BCUT2D eigenvalue weighted by Crippen LogP contribution is -2.29. The normalized spacial score (nSPS) is 11.2. The topological polar surface area (TPSA) is 62.0 Å². The molecule has 0 aromatic heterocycles. The van der Waals surface area contributed by atoms with E-state index in [0.717, 1.165) is 16.8 Å². The van der Waals surface area contributed by atoms with Crippen molar-refractivity contribution in [3.05, 3.63) is 65.7 Å². The van der Waals surface area contributed by atoms with E-state index in [2.05, 4.69) is 5.16 Å². The van der Waals surface area contributed by atoms with Gasteiger partial charge in [0, 0.05) is 0 Å².